The molecule has 0 radical (unpaired) electrons. The van der Waals surface area contributed by atoms with E-state index in [2.05, 4.69) is 38.6 Å². The Bertz CT molecular complexity index is 693. The summed E-state index contributed by atoms with van der Waals surface area (Å²) in [5.74, 6) is 0.801. The van der Waals surface area contributed by atoms with Crippen LogP contribution in [0.3, 0.4) is 0 Å². The van der Waals surface area contributed by atoms with Crippen molar-refractivity contribution in [3.05, 3.63) is 32.8 Å². The van der Waals surface area contributed by atoms with E-state index in [4.69, 9.17) is 11.6 Å². The van der Waals surface area contributed by atoms with Gasteiger partial charge in [-0.1, -0.05) is 0 Å². The van der Waals surface area contributed by atoms with Gasteiger partial charge in [0.05, 0.1) is 16.6 Å². The highest BCUT2D eigenvalue weighted by atomic mass is 35.5. The minimum atomic E-state index is 0.283. The van der Waals surface area contributed by atoms with Gasteiger partial charge in [0, 0.05) is 23.2 Å². The molecule has 3 heterocycles. The fraction of sp³-hybridized carbons (Fsp3) is 0.250. The Balaban J connectivity index is 1.79. The fourth-order valence-electron chi connectivity index (χ4n) is 1.82. The molecule has 3 aromatic heterocycles. The number of rotatable bonds is 4. The van der Waals surface area contributed by atoms with E-state index in [0.717, 1.165) is 34.7 Å². The van der Waals surface area contributed by atoms with Crippen molar-refractivity contribution in [1.82, 2.24) is 15.0 Å². The van der Waals surface area contributed by atoms with Crippen LogP contribution in [-0.4, -0.2) is 21.5 Å². The largest absolute Gasteiger partial charge is 0.369 e. The molecule has 7 heteroatoms. The molecule has 4 nitrogen and oxygen atoms in total. The van der Waals surface area contributed by atoms with Gasteiger partial charge < -0.3 is 5.32 Å². The number of nitrogens with zero attached hydrogens (tertiary/aromatic N) is 3. The lowest BCUT2D eigenvalue weighted by Gasteiger charge is -2.05. The van der Waals surface area contributed by atoms with Crippen LogP contribution in [0.5, 0.6) is 0 Å². The SMILES string of the molecule is Cc1cc2c(NCCc3cscn3)nc(Cl)nc2s1. The van der Waals surface area contributed by atoms with E-state index in [1.54, 1.807) is 22.7 Å². The second-order valence-electron chi connectivity index (χ2n) is 4.07. The van der Waals surface area contributed by atoms with Gasteiger partial charge in [-0.3, -0.25) is 0 Å². The number of anilines is 1. The van der Waals surface area contributed by atoms with Gasteiger partial charge in [0.1, 0.15) is 10.6 Å². The van der Waals surface area contributed by atoms with Crippen LogP contribution in [0, 0.1) is 6.92 Å². The normalized spacial score (nSPS) is 11.1. The fourth-order valence-corrected chi connectivity index (χ4v) is 3.51. The maximum Gasteiger partial charge on any atom is 0.225 e. The van der Waals surface area contributed by atoms with Crippen molar-refractivity contribution in [2.45, 2.75) is 13.3 Å². The first-order chi connectivity index (χ1) is 9.22. The molecule has 1 N–H and O–H groups in total. The third-order valence-corrected chi connectivity index (χ3v) is 4.39. The van der Waals surface area contributed by atoms with Crippen LogP contribution in [0.15, 0.2) is 17.0 Å². The molecule has 0 aliphatic heterocycles. The Morgan fingerprint density at radius 2 is 2.26 bits per heavy atom. The molecule has 0 saturated heterocycles. The number of halogens is 1. The van der Waals surface area contributed by atoms with Crippen molar-refractivity contribution in [3.8, 4) is 0 Å². The zero-order valence-corrected chi connectivity index (χ0v) is 12.6. The minimum absolute atomic E-state index is 0.283. The molecule has 0 saturated carbocycles. The number of nitrogens with one attached hydrogen (secondary N) is 1. The molecule has 0 amide bonds. The molecular weight excluding hydrogens is 300 g/mol. The first-order valence-corrected chi connectivity index (χ1v) is 7.91. The van der Waals surface area contributed by atoms with Gasteiger partial charge in [-0.05, 0) is 24.6 Å². The number of hydrogen-bond acceptors (Lipinski definition) is 6. The van der Waals surface area contributed by atoms with E-state index in [1.165, 1.54) is 4.88 Å². The molecule has 98 valence electrons. The Labute approximate surface area is 123 Å². The average molecular weight is 311 g/mol. The molecular formula is C12H11ClN4S2. The van der Waals surface area contributed by atoms with Crippen molar-refractivity contribution >= 4 is 50.3 Å². The third kappa shape index (κ3) is 2.86. The summed E-state index contributed by atoms with van der Waals surface area (Å²) in [6, 6.07) is 2.08. The lowest BCUT2D eigenvalue weighted by Crippen LogP contribution is -2.07. The summed E-state index contributed by atoms with van der Waals surface area (Å²) < 4.78 is 0. The van der Waals surface area contributed by atoms with E-state index >= 15 is 0 Å². The number of aromatic nitrogens is 3. The maximum atomic E-state index is 5.95. The number of thiazole rings is 1. The van der Waals surface area contributed by atoms with Crippen molar-refractivity contribution < 1.29 is 0 Å². The van der Waals surface area contributed by atoms with Crippen LogP contribution in [0.25, 0.3) is 10.2 Å². The van der Waals surface area contributed by atoms with E-state index < -0.39 is 0 Å². The Morgan fingerprint density at radius 3 is 3.05 bits per heavy atom. The van der Waals surface area contributed by atoms with Gasteiger partial charge in [-0.15, -0.1) is 22.7 Å². The molecule has 0 aliphatic rings. The second-order valence-corrected chi connectivity index (χ2v) is 6.37. The molecule has 0 bridgehead atoms. The van der Waals surface area contributed by atoms with Gasteiger partial charge in [0.15, 0.2) is 0 Å². The van der Waals surface area contributed by atoms with E-state index in [-0.39, 0.29) is 5.28 Å². The number of thiophene rings is 1. The molecule has 0 atom stereocenters. The standard InChI is InChI=1S/C12H11ClN4S2/c1-7-4-9-10(16-12(13)17-11(9)19-7)14-3-2-8-5-18-6-15-8/h4-6H,2-3H2,1H3,(H,14,16,17). The number of hydrogen-bond donors (Lipinski definition) is 1. The summed E-state index contributed by atoms with van der Waals surface area (Å²) in [6.07, 6.45) is 0.871. The highest BCUT2D eigenvalue weighted by molar-refractivity contribution is 7.18. The third-order valence-electron chi connectivity index (χ3n) is 2.65. The molecule has 19 heavy (non-hydrogen) atoms. The highest BCUT2D eigenvalue weighted by Gasteiger charge is 2.09. The van der Waals surface area contributed by atoms with Gasteiger partial charge in [0.2, 0.25) is 5.28 Å². The van der Waals surface area contributed by atoms with Crippen LogP contribution < -0.4 is 5.32 Å². The van der Waals surface area contributed by atoms with Gasteiger partial charge in [0.25, 0.3) is 0 Å². The quantitative estimate of drug-likeness (QED) is 0.745. The van der Waals surface area contributed by atoms with Crippen molar-refractivity contribution in [2.75, 3.05) is 11.9 Å². The summed E-state index contributed by atoms with van der Waals surface area (Å²) in [5.41, 5.74) is 2.94. The van der Waals surface area contributed by atoms with Gasteiger partial charge in [-0.25, -0.2) is 15.0 Å². The first kappa shape index (κ1) is 12.8. The number of aryl methyl sites for hydroxylation is 1. The summed E-state index contributed by atoms with van der Waals surface area (Å²) >= 11 is 9.18. The van der Waals surface area contributed by atoms with Crippen molar-refractivity contribution in [3.63, 3.8) is 0 Å². The molecule has 0 aliphatic carbocycles. The molecule has 0 fully saturated rings. The van der Waals surface area contributed by atoms with Crippen LogP contribution in [0.4, 0.5) is 5.82 Å². The molecule has 0 spiro atoms. The predicted octanol–water partition coefficient (Wildman–Crippen LogP) is 3.76. The Morgan fingerprint density at radius 1 is 1.37 bits per heavy atom. The maximum absolute atomic E-state index is 5.95. The van der Waals surface area contributed by atoms with Gasteiger partial charge >= 0.3 is 0 Å². The van der Waals surface area contributed by atoms with Crippen LogP contribution in [-0.2, 0) is 6.42 Å². The van der Waals surface area contributed by atoms with E-state index in [0.29, 0.717) is 0 Å². The zero-order chi connectivity index (χ0) is 13.2. The summed E-state index contributed by atoms with van der Waals surface area (Å²) in [5, 5.41) is 6.69. The Kier molecular flexibility index (Phi) is 3.63. The minimum Gasteiger partial charge on any atom is -0.369 e. The average Bonchev–Trinajstić information content (AvgIpc) is 2.97. The monoisotopic (exact) mass is 310 g/mol. The van der Waals surface area contributed by atoms with Gasteiger partial charge in [-0.2, -0.15) is 0 Å². The van der Waals surface area contributed by atoms with Crippen LogP contribution >= 0.6 is 34.3 Å². The van der Waals surface area contributed by atoms with Crippen LogP contribution in [0.2, 0.25) is 5.28 Å². The molecule has 0 aromatic carbocycles. The smallest absolute Gasteiger partial charge is 0.225 e. The van der Waals surface area contributed by atoms with E-state index in [1.807, 2.05) is 5.51 Å². The van der Waals surface area contributed by atoms with E-state index in [9.17, 15) is 0 Å². The predicted molar refractivity (Wildman–Crippen MR) is 81.5 cm³/mol. The summed E-state index contributed by atoms with van der Waals surface area (Å²) in [6.45, 7) is 2.83. The molecule has 3 rings (SSSR count). The lowest BCUT2D eigenvalue weighted by molar-refractivity contribution is 0.969. The molecule has 3 aromatic rings. The zero-order valence-electron chi connectivity index (χ0n) is 10.2. The first-order valence-electron chi connectivity index (χ1n) is 5.77. The second kappa shape index (κ2) is 5.40. The Hall–Kier alpha value is -1.24. The topological polar surface area (TPSA) is 50.7 Å². The lowest BCUT2D eigenvalue weighted by atomic mass is 10.3. The van der Waals surface area contributed by atoms with Crippen molar-refractivity contribution in [1.29, 1.82) is 0 Å². The summed E-state index contributed by atoms with van der Waals surface area (Å²) in [4.78, 5) is 14.9. The van der Waals surface area contributed by atoms with Crippen molar-refractivity contribution in [2.24, 2.45) is 0 Å². The molecule has 0 unspecified atom stereocenters. The van der Waals surface area contributed by atoms with Crippen LogP contribution in [0.1, 0.15) is 10.6 Å². The number of fused-ring (bicyclic) bond motifs is 1. The summed E-state index contributed by atoms with van der Waals surface area (Å²) in [7, 11) is 0. The highest BCUT2D eigenvalue weighted by Crippen LogP contribution is 2.29.